The largest absolute Gasteiger partial charge is 0.492 e. The van der Waals surface area contributed by atoms with Crippen LogP contribution in [0.15, 0.2) is 41.0 Å². The van der Waals surface area contributed by atoms with E-state index in [1.165, 1.54) is 0 Å². The summed E-state index contributed by atoms with van der Waals surface area (Å²) in [6.45, 7) is 0.563. The molecular weight excluding hydrogens is 302 g/mol. The van der Waals surface area contributed by atoms with Gasteiger partial charge in [-0.2, -0.15) is 0 Å². The molecule has 1 aliphatic heterocycles. The minimum Gasteiger partial charge on any atom is -0.492 e. The molecule has 0 radical (unpaired) electrons. The summed E-state index contributed by atoms with van der Waals surface area (Å²) in [5, 5.41) is 3.73. The first-order valence-electron chi connectivity index (χ1n) is 7.49. The third-order valence-corrected chi connectivity index (χ3v) is 4.68. The summed E-state index contributed by atoms with van der Waals surface area (Å²) < 4.78 is 11.0. The molecule has 2 aliphatic rings. The molecule has 2 aromatic rings. The van der Waals surface area contributed by atoms with Crippen LogP contribution in [0.25, 0.3) is 0 Å². The lowest BCUT2D eigenvalue weighted by Crippen LogP contribution is -2.33. The van der Waals surface area contributed by atoms with E-state index in [-0.39, 0.29) is 23.8 Å². The Morgan fingerprint density at radius 3 is 3.00 bits per heavy atom. The van der Waals surface area contributed by atoms with Crippen molar-refractivity contribution in [2.45, 2.75) is 24.8 Å². The number of nitrogens with one attached hydrogen (secondary N) is 1. The molecule has 5 heteroatoms. The highest BCUT2D eigenvalue weighted by Crippen LogP contribution is 2.48. The second-order valence-corrected chi connectivity index (χ2v) is 6.23. The summed E-state index contributed by atoms with van der Waals surface area (Å²) in [6.07, 6.45) is 3.27. The van der Waals surface area contributed by atoms with Crippen LogP contribution in [0.3, 0.4) is 0 Å². The van der Waals surface area contributed by atoms with Gasteiger partial charge in [0.25, 0.3) is 0 Å². The maximum atomic E-state index is 12.4. The molecule has 1 N–H and O–H groups in total. The minimum absolute atomic E-state index is 0.0108. The minimum atomic E-state index is -0.0344. The van der Waals surface area contributed by atoms with E-state index in [4.69, 9.17) is 20.8 Å². The van der Waals surface area contributed by atoms with E-state index in [1.54, 1.807) is 12.3 Å². The Balaban J connectivity index is 1.47. The number of rotatable bonds is 3. The molecule has 114 valence electrons. The van der Waals surface area contributed by atoms with Gasteiger partial charge in [0, 0.05) is 23.8 Å². The van der Waals surface area contributed by atoms with Crippen LogP contribution in [0.2, 0.25) is 5.02 Å². The maximum Gasteiger partial charge on any atom is 0.224 e. The highest BCUT2D eigenvalue weighted by molar-refractivity contribution is 6.32. The van der Waals surface area contributed by atoms with Gasteiger partial charge in [-0.3, -0.25) is 4.79 Å². The van der Waals surface area contributed by atoms with Gasteiger partial charge in [0.05, 0.1) is 23.9 Å². The number of amides is 1. The van der Waals surface area contributed by atoms with E-state index < -0.39 is 0 Å². The zero-order chi connectivity index (χ0) is 15.1. The summed E-state index contributed by atoms with van der Waals surface area (Å²) in [4.78, 5) is 12.4. The normalized spacial score (nSPS) is 26.0. The van der Waals surface area contributed by atoms with Gasteiger partial charge >= 0.3 is 0 Å². The monoisotopic (exact) mass is 317 g/mol. The first kappa shape index (κ1) is 13.7. The number of benzene rings is 1. The van der Waals surface area contributed by atoms with E-state index in [9.17, 15) is 4.79 Å². The number of halogens is 1. The van der Waals surface area contributed by atoms with Crippen molar-refractivity contribution >= 4 is 17.5 Å². The van der Waals surface area contributed by atoms with Gasteiger partial charge in [0.1, 0.15) is 11.5 Å². The highest BCUT2D eigenvalue weighted by Gasteiger charge is 2.46. The third-order valence-electron chi connectivity index (χ3n) is 4.38. The van der Waals surface area contributed by atoms with E-state index in [2.05, 4.69) is 5.32 Å². The average molecular weight is 318 g/mol. The molecule has 0 saturated heterocycles. The molecule has 1 aromatic heterocycles. The van der Waals surface area contributed by atoms with Crippen LogP contribution in [0.4, 0.5) is 0 Å². The van der Waals surface area contributed by atoms with E-state index in [1.807, 2.05) is 24.3 Å². The third kappa shape index (κ3) is 2.37. The number of furan rings is 1. The predicted molar refractivity (Wildman–Crippen MR) is 82.0 cm³/mol. The Morgan fingerprint density at radius 1 is 1.27 bits per heavy atom. The van der Waals surface area contributed by atoms with Crippen LogP contribution in [0.1, 0.15) is 36.1 Å². The predicted octanol–water partition coefficient (Wildman–Crippen LogP) is 3.68. The van der Waals surface area contributed by atoms with Crippen molar-refractivity contribution in [3.63, 3.8) is 0 Å². The van der Waals surface area contributed by atoms with E-state index in [0.29, 0.717) is 17.4 Å². The van der Waals surface area contributed by atoms with Crippen LogP contribution in [0.5, 0.6) is 5.75 Å². The van der Waals surface area contributed by atoms with Crippen molar-refractivity contribution in [3.05, 3.63) is 52.9 Å². The summed E-state index contributed by atoms with van der Waals surface area (Å²) >= 11 is 6.16. The quantitative estimate of drug-likeness (QED) is 0.939. The molecule has 3 atom stereocenters. The molecule has 1 amide bonds. The van der Waals surface area contributed by atoms with Gasteiger partial charge in [0.15, 0.2) is 0 Å². The number of ether oxygens (including phenoxy) is 1. The number of hydrogen-bond acceptors (Lipinski definition) is 3. The van der Waals surface area contributed by atoms with Gasteiger partial charge in [0.2, 0.25) is 5.91 Å². The number of carbonyl (C=O) groups excluding carboxylic acids is 1. The number of fused-ring (bicyclic) bond motifs is 1. The molecule has 4 rings (SSSR count). The molecule has 1 saturated carbocycles. The molecule has 2 heterocycles. The fraction of sp³-hybridized carbons (Fsp3) is 0.353. The average Bonchev–Trinajstić information content (AvgIpc) is 3.14. The topological polar surface area (TPSA) is 51.5 Å². The zero-order valence-electron chi connectivity index (χ0n) is 11.9. The van der Waals surface area contributed by atoms with E-state index >= 15 is 0 Å². The first-order valence-corrected chi connectivity index (χ1v) is 7.87. The Labute approximate surface area is 133 Å². The molecule has 0 bridgehead atoms. The van der Waals surface area contributed by atoms with Crippen molar-refractivity contribution in [1.82, 2.24) is 5.32 Å². The second kappa shape index (κ2) is 5.36. The molecule has 4 nitrogen and oxygen atoms in total. The Morgan fingerprint density at radius 2 is 2.18 bits per heavy atom. The van der Waals surface area contributed by atoms with Gasteiger partial charge in [-0.1, -0.05) is 23.7 Å². The number of para-hydroxylation sites is 1. The molecule has 1 aromatic carbocycles. The second-order valence-electron chi connectivity index (χ2n) is 5.82. The van der Waals surface area contributed by atoms with Gasteiger partial charge in [-0.15, -0.1) is 0 Å². The van der Waals surface area contributed by atoms with Gasteiger partial charge < -0.3 is 14.5 Å². The van der Waals surface area contributed by atoms with Crippen molar-refractivity contribution in [2.24, 2.45) is 5.92 Å². The lowest BCUT2D eigenvalue weighted by atomic mass is 10.00. The fourth-order valence-electron chi connectivity index (χ4n) is 3.12. The maximum absolute atomic E-state index is 12.4. The summed E-state index contributed by atoms with van der Waals surface area (Å²) in [6, 6.07) is 9.41. The van der Waals surface area contributed by atoms with Crippen molar-refractivity contribution in [1.29, 1.82) is 0 Å². The van der Waals surface area contributed by atoms with Crippen LogP contribution in [-0.4, -0.2) is 12.5 Å². The summed E-state index contributed by atoms with van der Waals surface area (Å²) in [7, 11) is 0. The standard InChI is InChI=1S/C17H16ClNO3/c18-13-4-1-3-10-14(6-8-22-16(10)13)19-17(20)12-9-11(12)15-5-2-7-21-15/h1-5,7,11-12,14H,6,8-9H2,(H,19,20)/t11-,12-,14-/m1/s1. The van der Waals surface area contributed by atoms with Crippen LogP contribution in [0, 0.1) is 5.92 Å². The van der Waals surface area contributed by atoms with Crippen molar-refractivity contribution < 1.29 is 13.9 Å². The SMILES string of the molecule is O=C(N[C@@H]1CCOc2c(Cl)cccc21)[C@@H]1C[C@H]1c1ccco1. The Kier molecular flexibility index (Phi) is 3.34. The Hall–Kier alpha value is -1.94. The summed E-state index contributed by atoms with van der Waals surface area (Å²) in [5.41, 5.74) is 0.960. The van der Waals surface area contributed by atoms with Crippen LogP contribution >= 0.6 is 11.6 Å². The zero-order valence-corrected chi connectivity index (χ0v) is 12.7. The molecule has 0 unspecified atom stereocenters. The highest BCUT2D eigenvalue weighted by atomic mass is 35.5. The molecular formula is C17H16ClNO3. The van der Waals surface area contributed by atoms with E-state index in [0.717, 1.165) is 24.2 Å². The summed E-state index contributed by atoms with van der Waals surface area (Å²) in [5.74, 6) is 1.90. The Bertz CT molecular complexity index is 698. The van der Waals surface area contributed by atoms with Gasteiger partial charge in [-0.25, -0.2) is 0 Å². The molecule has 22 heavy (non-hydrogen) atoms. The molecule has 1 aliphatic carbocycles. The number of hydrogen-bond donors (Lipinski definition) is 1. The van der Waals surface area contributed by atoms with Crippen molar-refractivity contribution in [2.75, 3.05) is 6.61 Å². The smallest absolute Gasteiger partial charge is 0.224 e. The fourth-order valence-corrected chi connectivity index (χ4v) is 3.35. The lowest BCUT2D eigenvalue weighted by molar-refractivity contribution is -0.123. The van der Waals surface area contributed by atoms with Gasteiger partial charge in [-0.05, 0) is 24.6 Å². The van der Waals surface area contributed by atoms with Crippen molar-refractivity contribution in [3.8, 4) is 5.75 Å². The lowest BCUT2D eigenvalue weighted by Gasteiger charge is -2.27. The molecule has 0 spiro atoms. The molecule has 1 fully saturated rings. The van der Waals surface area contributed by atoms with Crippen LogP contribution in [-0.2, 0) is 4.79 Å². The van der Waals surface area contributed by atoms with Crippen LogP contribution < -0.4 is 10.1 Å². The first-order chi connectivity index (χ1) is 10.7. The number of carbonyl (C=O) groups is 1.